The number of esters is 1. The second-order valence-electron chi connectivity index (χ2n) is 4.21. The lowest BCUT2D eigenvalue weighted by Gasteiger charge is -2.28. The van der Waals surface area contributed by atoms with Crippen LogP contribution in [0.5, 0.6) is 0 Å². The largest absolute Gasteiger partial charge is 0.469 e. The lowest BCUT2D eigenvalue weighted by Crippen LogP contribution is -2.37. The Morgan fingerprint density at radius 3 is 2.88 bits per heavy atom. The van der Waals surface area contributed by atoms with Gasteiger partial charge in [-0.2, -0.15) is 0 Å². The molecule has 4 heteroatoms. The molecule has 0 amide bonds. The normalized spacial score (nSPS) is 21.1. The van der Waals surface area contributed by atoms with Gasteiger partial charge >= 0.3 is 5.97 Å². The third-order valence-corrected chi connectivity index (χ3v) is 3.04. The number of hydrogen-bond acceptors (Lipinski definition) is 4. The van der Waals surface area contributed by atoms with Gasteiger partial charge in [0.1, 0.15) is 0 Å². The molecule has 1 aliphatic heterocycles. The molecule has 1 atom stereocenters. The van der Waals surface area contributed by atoms with Gasteiger partial charge < -0.3 is 14.4 Å². The fourth-order valence-corrected chi connectivity index (χ4v) is 1.97. The van der Waals surface area contributed by atoms with Crippen LogP contribution >= 0.6 is 0 Å². The topological polar surface area (TPSA) is 38.8 Å². The molecule has 1 saturated heterocycles. The summed E-state index contributed by atoms with van der Waals surface area (Å²) in [7, 11) is 1.43. The van der Waals surface area contributed by atoms with Crippen LogP contribution in [0.4, 0.5) is 0 Å². The van der Waals surface area contributed by atoms with Crippen LogP contribution in [0.2, 0.25) is 0 Å². The van der Waals surface area contributed by atoms with Gasteiger partial charge in [-0.3, -0.25) is 4.79 Å². The molecule has 1 unspecified atom stereocenters. The summed E-state index contributed by atoms with van der Waals surface area (Å²) in [4.78, 5) is 13.3. The highest BCUT2D eigenvalue weighted by Crippen LogP contribution is 2.13. The highest BCUT2D eigenvalue weighted by molar-refractivity contribution is 5.69. The molecule has 94 valence electrons. The summed E-state index contributed by atoms with van der Waals surface area (Å²) < 4.78 is 10.3. The van der Waals surface area contributed by atoms with Crippen molar-refractivity contribution in [2.24, 2.45) is 0 Å². The molecule has 0 aliphatic carbocycles. The molecule has 0 spiro atoms. The number of carbonyl (C=O) groups excluding carboxylic acids is 1. The summed E-state index contributed by atoms with van der Waals surface area (Å²) in [6, 6.07) is 0. The van der Waals surface area contributed by atoms with E-state index in [-0.39, 0.29) is 5.97 Å². The maximum absolute atomic E-state index is 11.0. The summed E-state index contributed by atoms with van der Waals surface area (Å²) in [5, 5.41) is 0. The van der Waals surface area contributed by atoms with Gasteiger partial charge in [-0.25, -0.2) is 0 Å². The van der Waals surface area contributed by atoms with Crippen molar-refractivity contribution in [2.45, 2.75) is 38.7 Å². The average molecular weight is 229 g/mol. The number of hydrogen-bond donors (Lipinski definition) is 0. The minimum absolute atomic E-state index is 0.136. The van der Waals surface area contributed by atoms with Crippen LogP contribution in [0, 0.1) is 0 Å². The number of likely N-dealkylation sites (N-methyl/N-ethyl adjacent to an activating group) is 1. The van der Waals surface area contributed by atoms with E-state index in [1.165, 1.54) is 20.0 Å². The van der Waals surface area contributed by atoms with E-state index in [1.807, 2.05) is 0 Å². The van der Waals surface area contributed by atoms with Crippen molar-refractivity contribution in [3.63, 3.8) is 0 Å². The lowest BCUT2D eigenvalue weighted by molar-refractivity contribution is -0.141. The highest BCUT2D eigenvalue weighted by Gasteiger charge is 2.17. The minimum Gasteiger partial charge on any atom is -0.469 e. The number of nitrogens with zero attached hydrogens (tertiary/aromatic N) is 1. The van der Waals surface area contributed by atoms with Crippen molar-refractivity contribution < 1.29 is 14.3 Å². The minimum atomic E-state index is -0.136. The van der Waals surface area contributed by atoms with E-state index in [0.717, 1.165) is 32.7 Å². The van der Waals surface area contributed by atoms with E-state index >= 15 is 0 Å². The molecule has 0 aromatic heterocycles. The molecule has 16 heavy (non-hydrogen) atoms. The van der Waals surface area contributed by atoms with Crippen molar-refractivity contribution in [2.75, 3.05) is 33.4 Å². The number of methoxy groups -OCH3 is 1. The molecular weight excluding hydrogens is 206 g/mol. The molecular formula is C12H23NO3. The lowest BCUT2D eigenvalue weighted by atomic mass is 10.1. The predicted molar refractivity (Wildman–Crippen MR) is 62.3 cm³/mol. The third-order valence-electron chi connectivity index (χ3n) is 3.04. The summed E-state index contributed by atoms with van der Waals surface area (Å²) in [6.07, 6.45) is 4.42. The summed E-state index contributed by atoms with van der Waals surface area (Å²) in [5.74, 6) is -0.136. The van der Waals surface area contributed by atoms with Crippen LogP contribution in [0.3, 0.4) is 0 Å². The van der Waals surface area contributed by atoms with Crippen molar-refractivity contribution >= 4 is 5.97 Å². The van der Waals surface area contributed by atoms with Gasteiger partial charge in [0.2, 0.25) is 0 Å². The van der Waals surface area contributed by atoms with Gasteiger partial charge in [0.05, 0.1) is 19.6 Å². The third kappa shape index (κ3) is 4.94. The second-order valence-corrected chi connectivity index (χ2v) is 4.21. The number of ether oxygens (including phenoxy) is 2. The Labute approximate surface area is 97.9 Å². The van der Waals surface area contributed by atoms with Crippen molar-refractivity contribution in [1.82, 2.24) is 4.90 Å². The zero-order chi connectivity index (χ0) is 11.8. The zero-order valence-electron chi connectivity index (χ0n) is 10.4. The van der Waals surface area contributed by atoms with Crippen molar-refractivity contribution in [3.8, 4) is 0 Å². The SMILES string of the molecule is CCN(CCC(=O)OC)CC1CCCCO1. The standard InChI is InChI=1S/C12H23NO3/c1-3-13(8-7-12(14)15-2)10-11-6-4-5-9-16-11/h11H,3-10H2,1-2H3. The molecule has 1 rings (SSSR count). The van der Waals surface area contributed by atoms with Crippen LogP contribution in [0.15, 0.2) is 0 Å². The first-order valence-electron chi connectivity index (χ1n) is 6.17. The van der Waals surface area contributed by atoms with E-state index in [4.69, 9.17) is 4.74 Å². The zero-order valence-corrected chi connectivity index (χ0v) is 10.4. The Kier molecular flexibility index (Phi) is 6.42. The number of carbonyl (C=O) groups is 1. The van der Waals surface area contributed by atoms with E-state index in [2.05, 4.69) is 16.6 Å². The number of rotatable bonds is 6. The molecule has 0 radical (unpaired) electrons. The molecule has 4 nitrogen and oxygen atoms in total. The first kappa shape index (κ1) is 13.5. The predicted octanol–water partition coefficient (Wildman–Crippen LogP) is 1.44. The van der Waals surface area contributed by atoms with E-state index in [1.54, 1.807) is 0 Å². The van der Waals surface area contributed by atoms with Gasteiger partial charge in [-0.05, 0) is 25.8 Å². The molecule has 0 aromatic carbocycles. The first-order chi connectivity index (χ1) is 7.76. The van der Waals surface area contributed by atoms with Gasteiger partial charge in [0.25, 0.3) is 0 Å². The fourth-order valence-electron chi connectivity index (χ4n) is 1.97. The Hall–Kier alpha value is -0.610. The Bertz CT molecular complexity index is 202. The monoisotopic (exact) mass is 229 g/mol. The Morgan fingerprint density at radius 1 is 1.50 bits per heavy atom. The van der Waals surface area contributed by atoms with Crippen LogP contribution in [0.25, 0.3) is 0 Å². The fraction of sp³-hybridized carbons (Fsp3) is 0.917. The van der Waals surface area contributed by atoms with Gasteiger partial charge in [-0.15, -0.1) is 0 Å². The van der Waals surface area contributed by atoms with Crippen LogP contribution in [-0.4, -0.2) is 50.3 Å². The average Bonchev–Trinajstić information content (AvgIpc) is 2.35. The molecule has 0 N–H and O–H groups in total. The quantitative estimate of drug-likeness (QED) is 0.646. The van der Waals surface area contributed by atoms with E-state index in [0.29, 0.717) is 12.5 Å². The van der Waals surface area contributed by atoms with Crippen LogP contribution < -0.4 is 0 Å². The molecule has 0 aromatic rings. The Balaban J connectivity index is 2.22. The van der Waals surface area contributed by atoms with E-state index in [9.17, 15) is 4.79 Å². The molecule has 1 fully saturated rings. The first-order valence-corrected chi connectivity index (χ1v) is 6.17. The molecule has 1 heterocycles. The van der Waals surface area contributed by atoms with E-state index < -0.39 is 0 Å². The molecule has 0 bridgehead atoms. The van der Waals surface area contributed by atoms with Gasteiger partial charge in [-0.1, -0.05) is 6.92 Å². The summed E-state index contributed by atoms with van der Waals surface area (Å²) in [6.45, 7) is 5.66. The van der Waals surface area contributed by atoms with Crippen molar-refractivity contribution in [3.05, 3.63) is 0 Å². The highest BCUT2D eigenvalue weighted by atomic mass is 16.5. The van der Waals surface area contributed by atoms with Crippen LogP contribution in [-0.2, 0) is 14.3 Å². The maximum atomic E-state index is 11.0. The van der Waals surface area contributed by atoms with Crippen molar-refractivity contribution in [1.29, 1.82) is 0 Å². The van der Waals surface area contributed by atoms with Gasteiger partial charge in [0.15, 0.2) is 0 Å². The van der Waals surface area contributed by atoms with Crippen LogP contribution in [0.1, 0.15) is 32.6 Å². The molecule has 1 aliphatic rings. The van der Waals surface area contributed by atoms with Gasteiger partial charge in [0, 0.05) is 19.7 Å². The molecule has 0 saturated carbocycles. The maximum Gasteiger partial charge on any atom is 0.306 e. The summed E-state index contributed by atoms with van der Waals surface area (Å²) in [5.41, 5.74) is 0. The smallest absolute Gasteiger partial charge is 0.306 e. The Morgan fingerprint density at radius 2 is 2.31 bits per heavy atom. The summed E-state index contributed by atoms with van der Waals surface area (Å²) >= 11 is 0. The second kappa shape index (κ2) is 7.63.